The SMILES string of the molecule is c1cc2ccc3ccc(-c4ccc5c6ccccc6c6nc7ccccc7n6c5c4)c4ccc(c1)c2c34. The van der Waals surface area contributed by atoms with E-state index in [0.29, 0.717) is 0 Å². The Morgan fingerprint density at radius 3 is 2.05 bits per heavy atom. The second-order valence-corrected chi connectivity index (χ2v) is 10.0. The Morgan fingerprint density at radius 2 is 1.16 bits per heavy atom. The number of aromatic nitrogens is 2. The maximum atomic E-state index is 5.06. The molecule has 9 rings (SSSR count). The lowest BCUT2D eigenvalue weighted by Crippen LogP contribution is -1.93. The van der Waals surface area contributed by atoms with Gasteiger partial charge in [-0.3, -0.25) is 4.40 Å². The molecule has 2 heterocycles. The van der Waals surface area contributed by atoms with Crippen LogP contribution >= 0.6 is 0 Å². The summed E-state index contributed by atoms with van der Waals surface area (Å²) < 4.78 is 2.34. The van der Waals surface area contributed by atoms with Gasteiger partial charge in [0.15, 0.2) is 0 Å². The third-order valence-electron chi connectivity index (χ3n) is 8.10. The Balaban J connectivity index is 1.44. The fourth-order valence-corrected chi connectivity index (χ4v) is 6.46. The predicted molar refractivity (Wildman–Crippen MR) is 157 cm³/mol. The van der Waals surface area contributed by atoms with Crippen molar-refractivity contribution in [3.8, 4) is 11.1 Å². The van der Waals surface area contributed by atoms with Gasteiger partial charge in [0, 0.05) is 10.8 Å². The second-order valence-electron chi connectivity index (χ2n) is 10.0. The molecule has 2 nitrogen and oxygen atoms in total. The van der Waals surface area contributed by atoms with Crippen LogP contribution in [0.1, 0.15) is 0 Å². The summed E-state index contributed by atoms with van der Waals surface area (Å²) >= 11 is 0. The van der Waals surface area contributed by atoms with Crippen molar-refractivity contribution < 1.29 is 0 Å². The number of para-hydroxylation sites is 2. The standard InChI is InChI=1S/C35H20N2/c1-2-9-29-26(8-1)27-18-16-24(20-32(27)37-31-11-4-3-10-30(31)36-35(29)37)25-17-14-23-13-12-21-6-5-7-22-15-19-28(25)34(23)33(21)22/h1-20H. The van der Waals surface area contributed by atoms with Gasteiger partial charge in [0.05, 0.1) is 16.6 Å². The van der Waals surface area contributed by atoms with Crippen LogP contribution in [0.4, 0.5) is 0 Å². The minimum Gasteiger partial charge on any atom is -0.292 e. The average Bonchev–Trinajstić information content (AvgIpc) is 3.36. The molecular weight excluding hydrogens is 448 g/mol. The third-order valence-corrected chi connectivity index (χ3v) is 8.10. The van der Waals surface area contributed by atoms with Crippen LogP contribution in [0.3, 0.4) is 0 Å². The van der Waals surface area contributed by atoms with Crippen molar-refractivity contribution >= 4 is 70.7 Å². The molecule has 0 saturated carbocycles. The number of pyridine rings is 1. The Hall–Kier alpha value is -4.95. The van der Waals surface area contributed by atoms with Crippen molar-refractivity contribution in [2.45, 2.75) is 0 Å². The molecule has 0 radical (unpaired) electrons. The van der Waals surface area contributed by atoms with Gasteiger partial charge in [-0.15, -0.1) is 0 Å². The molecule has 7 aromatic carbocycles. The first-order valence-corrected chi connectivity index (χ1v) is 12.7. The smallest absolute Gasteiger partial charge is 0.146 e. The van der Waals surface area contributed by atoms with Crippen molar-refractivity contribution in [3.05, 3.63) is 121 Å². The lowest BCUT2D eigenvalue weighted by Gasteiger charge is -2.15. The van der Waals surface area contributed by atoms with E-state index in [2.05, 4.69) is 126 Å². The summed E-state index contributed by atoms with van der Waals surface area (Å²) in [5.74, 6) is 0. The normalized spacial score (nSPS) is 12.3. The van der Waals surface area contributed by atoms with Crippen LogP contribution in [0.2, 0.25) is 0 Å². The molecule has 0 amide bonds. The maximum absolute atomic E-state index is 5.06. The zero-order valence-electron chi connectivity index (χ0n) is 19.9. The first-order valence-electron chi connectivity index (χ1n) is 12.7. The van der Waals surface area contributed by atoms with Crippen LogP contribution in [-0.4, -0.2) is 9.38 Å². The fraction of sp³-hybridized carbons (Fsp3) is 0. The first-order chi connectivity index (χ1) is 18.3. The second kappa shape index (κ2) is 6.83. The number of imidazole rings is 1. The minimum absolute atomic E-state index is 1.01. The molecule has 0 saturated heterocycles. The largest absolute Gasteiger partial charge is 0.292 e. The average molecular weight is 469 g/mol. The van der Waals surface area contributed by atoms with Gasteiger partial charge in [0.1, 0.15) is 5.65 Å². The monoisotopic (exact) mass is 468 g/mol. The van der Waals surface area contributed by atoms with Crippen molar-refractivity contribution in [2.75, 3.05) is 0 Å². The summed E-state index contributed by atoms with van der Waals surface area (Å²) in [5, 5.41) is 11.6. The zero-order chi connectivity index (χ0) is 24.1. The molecule has 0 N–H and O–H groups in total. The number of fused-ring (bicyclic) bond motifs is 8. The van der Waals surface area contributed by atoms with E-state index in [1.165, 1.54) is 65.1 Å². The molecule has 0 aliphatic rings. The fourth-order valence-electron chi connectivity index (χ4n) is 6.46. The van der Waals surface area contributed by atoms with E-state index in [9.17, 15) is 0 Å². The maximum Gasteiger partial charge on any atom is 0.146 e. The molecule has 9 aromatic rings. The molecule has 2 aromatic heterocycles. The molecular formula is C35H20N2. The summed E-state index contributed by atoms with van der Waals surface area (Å²) in [7, 11) is 0. The molecule has 0 unspecified atom stereocenters. The number of benzene rings is 7. The van der Waals surface area contributed by atoms with Crippen molar-refractivity contribution in [3.63, 3.8) is 0 Å². The summed E-state index contributed by atoms with van der Waals surface area (Å²) in [4.78, 5) is 5.06. The van der Waals surface area contributed by atoms with E-state index in [4.69, 9.17) is 4.98 Å². The first kappa shape index (κ1) is 19.3. The summed E-state index contributed by atoms with van der Waals surface area (Å²) in [5.41, 5.74) is 6.84. The highest BCUT2D eigenvalue weighted by Crippen LogP contribution is 2.41. The Bertz CT molecular complexity index is 2340. The highest BCUT2D eigenvalue weighted by molar-refractivity contribution is 6.25. The van der Waals surface area contributed by atoms with E-state index in [1.54, 1.807) is 0 Å². The van der Waals surface area contributed by atoms with Crippen molar-refractivity contribution in [1.82, 2.24) is 9.38 Å². The van der Waals surface area contributed by atoms with E-state index in [-0.39, 0.29) is 0 Å². The number of rotatable bonds is 1. The topological polar surface area (TPSA) is 17.3 Å². The van der Waals surface area contributed by atoms with Crippen LogP contribution in [-0.2, 0) is 0 Å². The highest BCUT2D eigenvalue weighted by atomic mass is 15.0. The van der Waals surface area contributed by atoms with Crippen LogP contribution in [0.25, 0.3) is 81.8 Å². The minimum atomic E-state index is 1.01. The van der Waals surface area contributed by atoms with Crippen molar-refractivity contribution in [2.24, 2.45) is 0 Å². The molecule has 0 aliphatic heterocycles. The molecule has 0 atom stereocenters. The predicted octanol–water partition coefficient (Wildman–Crippen LogP) is 9.36. The molecule has 0 bridgehead atoms. The lowest BCUT2D eigenvalue weighted by molar-refractivity contribution is 1.31. The van der Waals surface area contributed by atoms with Gasteiger partial charge in [-0.25, -0.2) is 4.98 Å². The van der Waals surface area contributed by atoms with E-state index in [1.807, 2.05) is 0 Å². The zero-order valence-corrected chi connectivity index (χ0v) is 19.9. The Morgan fingerprint density at radius 1 is 0.459 bits per heavy atom. The molecule has 0 spiro atoms. The van der Waals surface area contributed by atoms with Gasteiger partial charge in [-0.1, -0.05) is 103 Å². The van der Waals surface area contributed by atoms with Gasteiger partial charge in [-0.2, -0.15) is 0 Å². The molecule has 170 valence electrons. The van der Waals surface area contributed by atoms with Crippen LogP contribution in [0.5, 0.6) is 0 Å². The molecule has 2 heteroatoms. The van der Waals surface area contributed by atoms with Gasteiger partial charge >= 0.3 is 0 Å². The summed E-state index contributed by atoms with van der Waals surface area (Å²) in [6.45, 7) is 0. The van der Waals surface area contributed by atoms with Gasteiger partial charge < -0.3 is 0 Å². The van der Waals surface area contributed by atoms with E-state index >= 15 is 0 Å². The van der Waals surface area contributed by atoms with Gasteiger partial charge in [-0.05, 0) is 67.0 Å². The molecule has 0 fully saturated rings. The van der Waals surface area contributed by atoms with Gasteiger partial charge in [0.2, 0.25) is 0 Å². The summed E-state index contributed by atoms with van der Waals surface area (Å²) in [6, 6.07) is 44.2. The number of hydrogen-bond acceptors (Lipinski definition) is 1. The van der Waals surface area contributed by atoms with Crippen molar-refractivity contribution in [1.29, 1.82) is 0 Å². The molecule has 37 heavy (non-hydrogen) atoms. The highest BCUT2D eigenvalue weighted by Gasteiger charge is 2.16. The number of hydrogen-bond donors (Lipinski definition) is 0. The van der Waals surface area contributed by atoms with Crippen LogP contribution < -0.4 is 0 Å². The third kappa shape index (κ3) is 2.47. The van der Waals surface area contributed by atoms with E-state index in [0.717, 1.165) is 16.7 Å². The van der Waals surface area contributed by atoms with E-state index < -0.39 is 0 Å². The lowest BCUT2D eigenvalue weighted by atomic mass is 9.89. The summed E-state index contributed by atoms with van der Waals surface area (Å²) in [6.07, 6.45) is 0. The quantitative estimate of drug-likeness (QED) is 0.219. The van der Waals surface area contributed by atoms with Gasteiger partial charge in [0.25, 0.3) is 0 Å². The van der Waals surface area contributed by atoms with Crippen LogP contribution in [0.15, 0.2) is 121 Å². The Kier molecular flexibility index (Phi) is 3.56. The van der Waals surface area contributed by atoms with Crippen LogP contribution in [0, 0.1) is 0 Å². The Labute approximate surface area is 212 Å². The number of nitrogens with zero attached hydrogens (tertiary/aromatic N) is 2. The molecule has 0 aliphatic carbocycles.